The van der Waals surface area contributed by atoms with Gasteiger partial charge in [-0.1, -0.05) is 0 Å². The van der Waals surface area contributed by atoms with E-state index in [2.05, 4.69) is 14.5 Å². The van der Waals surface area contributed by atoms with Gasteiger partial charge in [0.15, 0.2) is 5.75 Å². The third-order valence-corrected chi connectivity index (χ3v) is 1.81. The van der Waals surface area contributed by atoms with Gasteiger partial charge in [0.05, 0.1) is 19.7 Å². The highest BCUT2D eigenvalue weighted by Crippen LogP contribution is 2.36. The third kappa shape index (κ3) is 3.20. The fraction of sp³-hybridized carbons (Fsp3) is 0.375. The number of ether oxygens (including phenoxy) is 2. The summed E-state index contributed by atoms with van der Waals surface area (Å²) in [6, 6.07) is 0.519. The molecule has 0 saturated heterocycles. The largest absolute Gasteiger partial charge is 0.573 e. The molecule has 0 aliphatic heterocycles. The number of aromatic nitrogens is 1. The molecular formula is C8H8F3N3O4. The van der Waals surface area contributed by atoms with E-state index in [0.29, 0.717) is 6.07 Å². The molecule has 1 aromatic rings. The first-order valence-corrected chi connectivity index (χ1v) is 4.46. The molecule has 0 aliphatic rings. The first-order chi connectivity index (χ1) is 8.28. The van der Waals surface area contributed by atoms with E-state index in [1.165, 1.54) is 0 Å². The molecular weight excluding hydrogens is 259 g/mol. The van der Waals surface area contributed by atoms with Gasteiger partial charge in [-0.2, -0.15) is 0 Å². The Hall–Kier alpha value is -2.10. The molecule has 18 heavy (non-hydrogen) atoms. The lowest BCUT2D eigenvalue weighted by Crippen LogP contribution is -2.19. The highest BCUT2D eigenvalue weighted by atomic mass is 19.4. The quantitative estimate of drug-likeness (QED) is 0.652. The summed E-state index contributed by atoms with van der Waals surface area (Å²) in [6.45, 7) is -0.334. The van der Waals surface area contributed by atoms with Gasteiger partial charge in [0.1, 0.15) is 0 Å². The molecule has 0 aliphatic carbocycles. The zero-order valence-electron chi connectivity index (χ0n) is 9.02. The summed E-state index contributed by atoms with van der Waals surface area (Å²) in [5.74, 6) is -2.05. The maximum absolute atomic E-state index is 12.1. The number of rotatable bonds is 4. The van der Waals surface area contributed by atoms with Gasteiger partial charge < -0.3 is 25.3 Å². The van der Waals surface area contributed by atoms with E-state index in [4.69, 9.17) is 5.73 Å². The topological polar surface area (TPSA) is 101 Å². The van der Waals surface area contributed by atoms with Gasteiger partial charge in [-0.3, -0.25) is 0 Å². The number of nitrogens with zero attached hydrogens (tertiary/aromatic N) is 2. The average Bonchev–Trinajstić information content (AvgIpc) is 2.25. The van der Waals surface area contributed by atoms with Gasteiger partial charge in [0, 0.05) is 0 Å². The Labute approximate surface area is 98.5 Å². The lowest BCUT2D eigenvalue weighted by molar-refractivity contribution is -0.389. The van der Waals surface area contributed by atoms with Crippen LogP contribution in [-0.4, -0.2) is 23.4 Å². The van der Waals surface area contributed by atoms with Gasteiger partial charge in [-0.15, -0.1) is 13.2 Å². The van der Waals surface area contributed by atoms with Crippen LogP contribution in [0.2, 0.25) is 0 Å². The number of alkyl halides is 3. The maximum Gasteiger partial charge on any atom is 0.573 e. The predicted molar refractivity (Wildman–Crippen MR) is 52.0 cm³/mol. The lowest BCUT2D eigenvalue weighted by Gasteiger charge is -2.12. The second-order valence-corrected chi connectivity index (χ2v) is 2.97. The monoisotopic (exact) mass is 267 g/mol. The molecule has 0 radical (unpaired) electrons. The summed E-state index contributed by atoms with van der Waals surface area (Å²) in [6.07, 6.45) is -5.01. The molecule has 7 nitrogen and oxygen atoms in total. The summed E-state index contributed by atoms with van der Waals surface area (Å²) < 4.78 is 44.7. The summed E-state index contributed by atoms with van der Waals surface area (Å²) >= 11 is 0. The minimum Gasteiger partial charge on any atom is -0.489 e. The number of hydrogen-bond donors (Lipinski definition) is 1. The fourth-order valence-electron chi connectivity index (χ4n) is 1.20. The predicted octanol–water partition coefficient (Wildman–Crippen LogP) is 1.36. The highest BCUT2D eigenvalue weighted by Gasteiger charge is 2.35. The van der Waals surface area contributed by atoms with E-state index in [1.54, 1.807) is 0 Å². The van der Waals surface area contributed by atoms with E-state index in [0.717, 1.165) is 7.11 Å². The third-order valence-electron chi connectivity index (χ3n) is 1.81. The van der Waals surface area contributed by atoms with Gasteiger partial charge >= 0.3 is 12.2 Å². The zero-order chi connectivity index (χ0) is 13.9. The Bertz CT molecular complexity index is 464. The zero-order valence-corrected chi connectivity index (χ0v) is 9.02. The van der Waals surface area contributed by atoms with E-state index in [-0.39, 0.29) is 18.0 Å². The normalized spacial score (nSPS) is 11.2. The van der Waals surface area contributed by atoms with Crippen LogP contribution in [0.15, 0.2) is 6.07 Å². The van der Waals surface area contributed by atoms with Crippen LogP contribution >= 0.6 is 0 Å². The molecule has 0 atom stereocenters. The second kappa shape index (κ2) is 5.04. The number of halogens is 3. The summed E-state index contributed by atoms with van der Waals surface area (Å²) in [7, 11) is 1.07. The number of hydrogen-bond acceptors (Lipinski definition) is 6. The van der Waals surface area contributed by atoms with Crippen LogP contribution in [0, 0.1) is 10.1 Å². The van der Waals surface area contributed by atoms with Crippen LogP contribution in [0.4, 0.5) is 19.0 Å². The van der Waals surface area contributed by atoms with Gasteiger partial charge in [-0.05, 0) is 9.91 Å². The van der Waals surface area contributed by atoms with Crippen molar-refractivity contribution in [3.63, 3.8) is 0 Å². The van der Waals surface area contributed by atoms with Crippen molar-refractivity contribution in [2.75, 3.05) is 7.11 Å². The minimum absolute atomic E-state index is 0.203. The number of methoxy groups -OCH3 is 1. The average molecular weight is 267 g/mol. The highest BCUT2D eigenvalue weighted by molar-refractivity contribution is 5.48. The van der Waals surface area contributed by atoms with Crippen molar-refractivity contribution in [1.82, 2.24) is 4.98 Å². The molecule has 10 heteroatoms. The van der Waals surface area contributed by atoms with E-state index in [9.17, 15) is 23.3 Å². The molecule has 1 rings (SSSR count). The Morgan fingerprint density at radius 3 is 2.56 bits per heavy atom. The molecule has 2 N–H and O–H groups in total. The van der Waals surface area contributed by atoms with Crippen LogP contribution < -0.4 is 15.2 Å². The molecule has 1 aromatic heterocycles. The van der Waals surface area contributed by atoms with Crippen molar-refractivity contribution in [1.29, 1.82) is 0 Å². The summed E-state index contributed by atoms with van der Waals surface area (Å²) in [5.41, 5.74) is 5.02. The van der Waals surface area contributed by atoms with Crippen LogP contribution in [0.25, 0.3) is 0 Å². The number of nitrogens with two attached hydrogens (primary N) is 1. The SMILES string of the molecule is COc1c(OC(F)(F)F)cc([N+](=O)[O-])nc1CN. The molecule has 0 spiro atoms. The molecule has 1 heterocycles. The van der Waals surface area contributed by atoms with Gasteiger partial charge in [0.2, 0.25) is 11.4 Å². The van der Waals surface area contributed by atoms with Crippen LogP contribution in [0.3, 0.4) is 0 Å². The molecule has 0 aromatic carbocycles. The van der Waals surface area contributed by atoms with Crippen molar-refractivity contribution in [2.24, 2.45) is 5.73 Å². The first-order valence-electron chi connectivity index (χ1n) is 4.46. The Morgan fingerprint density at radius 1 is 1.56 bits per heavy atom. The van der Waals surface area contributed by atoms with Gasteiger partial charge in [-0.25, -0.2) is 0 Å². The molecule has 0 bridgehead atoms. The maximum atomic E-state index is 12.1. The molecule has 100 valence electrons. The van der Waals surface area contributed by atoms with Crippen molar-refractivity contribution in [3.8, 4) is 11.5 Å². The van der Waals surface area contributed by atoms with Crippen LogP contribution in [0.5, 0.6) is 11.5 Å². The van der Waals surface area contributed by atoms with Crippen molar-refractivity contribution < 1.29 is 27.6 Å². The minimum atomic E-state index is -5.01. The van der Waals surface area contributed by atoms with Gasteiger partial charge in [0.25, 0.3) is 0 Å². The molecule has 0 amide bonds. The second-order valence-electron chi connectivity index (χ2n) is 2.97. The van der Waals surface area contributed by atoms with Crippen LogP contribution in [0.1, 0.15) is 5.69 Å². The van der Waals surface area contributed by atoms with Crippen molar-refractivity contribution in [2.45, 2.75) is 12.9 Å². The summed E-state index contributed by atoms with van der Waals surface area (Å²) in [5, 5.41) is 10.5. The standard InChI is InChI=1S/C8H8F3N3O4/c1-17-7-4(3-12)13-6(14(15)16)2-5(7)18-8(9,10)11/h2H,3,12H2,1H3. The molecule has 0 unspecified atom stereocenters. The van der Waals surface area contributed by atoms with Crippen molar-refractivity contribution >= 4 is 5.82 Å². The fourth-order valence-corrected chi connectivity index (χ4v) is 1.20. The first kappa shape index (κ1) is 14.0. The Morgan fingerprint density at radius 2 is 2.17 bits per heavy atom. The van der Waals surface area contributed by atoms with E-state index in [1.807, 2.05) is 0 Å². The summed E-state index contributed by atoms with van der Waals surface area (Å²) in [4.78, 5) is 13.0. The Balaban J connectivity index is 3.35. The van der Waals surface area contributed by atoms with E-state index >= 15 is 0 Å². The van der Waals surface area contributed by atoms with E-state index < -0.39 is 22.9 Å². The Kier molecular flexibility index (Phi) is 3.91. The smallest absolute Gasteiger partial charge is 0.489 e. The number of pyridine rings is 1. The van der Waals surface area contributed by atoms with Crippen molar-refractivity contribution in [3.05, 3.63) is 21.9 Å². The number of nitro groups is 1. The lowest BCUT2D eigenvalue weighted by atomic mass is 10.3. The molecule has 0 fully saturated rings. The molecule has 0 saturated carbocycles. The van der Waals surface area contributed by atoms with Crippen LogP contribution in [-0.2, 0) is 6.54 Å².